The van der Waals surface area contributed by atoms with Crippen LogP contribution in [0.25, 0.3) is 0 Å². The number of hydrazone groups is 1. The first-order valence-electron chi connectivity index (χ1n) is 6.42. The molecule has 0 fully saturated rings. The fourth-order valence-electron chi connectivity index (χ4n) is 1.47. The molecule has 4 N–H and O–H groups in total. The van der Waals surface area contributed by atoms with Crippen LogP contribution >= 0.6 is 0 Å². The normalized spacial score (nSPS) is 12.3. The molecule has 6 nitrogen and oxygen atoms in total. The zero-order valence-corrected chi connectivity index (χ0v) is 11.4. The second kappa shape index (κ2) is 8.06. The molecule has 1 aromatic rings. The average Bonchev–Trinajstić information content (AvgIpc) is 2.45. The minimum atomic E-state index is -0.986. The van der Waals surface area contributed by atoms with E-state index in [1.54, 1.807) is 13.1 Å². The molecule has 108 valence electrons. The van der Waals surface area contributed by atoms with Gasteiger partial charge in [-0.3, -0.25) is 9.59 Å². The molecule has 1 unspecified atom stereocenters. The van der Waals surface area contributed by atoms with E-state index in [-0.39, 0.29) is 5.91 Å². The molecule has 0 aliphatic heterocycles. The van der Waals surface area contributed by atoms with E-state index in [1.165, 1.54) is 0 Å². The second-order valence-electron chi connectivity index (χ2n) is 4.37. The van der Waals surface area contributed by atoms with Crippen molar-refractivity contribution in [3.05, 3.63) is 35.4 Å². The van der Waals surface area contributed by atoms with Crippen LogP contribution in [0.3, 0.4) is 0 Å². The smallest absolute Gasteiger partial charge is 0.320 e. The van der Waals surface area contributed by atoms with Crippen molar-refractivity contribution < 1.29 is 14.7 Å². The minimum absolute atomic E-state index is 0.138. The molecule has 1 rings (SSSR count). The molecule has 0 aromatic heterocycles. The van der Waals surface area contributed by atoms with Crippen LogP contribution in [-0.4, -0.2) is 29.2 Å². The number of carbonyl (C=O) groups excluding carboxylic acids is 1. The molecule has 0 aliphatic carbocycles. The Bertz CT molecular complexity index is 483. The Balaban J connectivity index is 2.48. The number of nitrogens with one attached hydrogen (secondary N) is 1. The highest BCUT2D eigenvalue weighted by molar-refractivity contribution is 5.82. The summed E-state index contributed by atoms with van der Waals surface area (Å²) in [5.74, 6) is -1.12. The summed E-state index contributed by atoms with van der Waals surface area (Å²) in [6.07, 6.45) is 2.95. The highest BCUT2D eigenvalue weighted by Crippen LogP contribution is 2.06. The number of aliphatic carboxylic acids is 1. The van der Waals surface area contributed by atoms with E-state index in [2.05, 4.69) is 10.5 Å². The van der Waals surface area contributed by atoms with E-state index in [0.717, 1.165) is 11.1 Å². The summed E-state index contributed by atoms with van der Waals surface area (Å²) in [4.78, 5) is 21.6. The summed E-state index contributed by atoms with van der Waals surface area (Å²) < 4.78 is 0. The van der Waals surface area contributed by atoms with Crippen LogP contribution in [0.1, 0.15) is 30.9 Å². The highest BCUT2D eigenvalue weighted by atomic mass is 16.4. The molecule has 0 heterocycles. The zero-order chi connectivity index (χ0) is 15.0. The van der Waals surface area contributed by atoms with Crippen LogP contribution in [0.2, 0.25) is 0 Å². The fraction of sp³-hybridized carbons (Fsp3) is 0.357. The lowest BCUT2D eigenvalue weighted by Gasteiger charge is -2.06. The average molecular weight is 277 g/mol. The Morgan fingerprint density at radius 2 is 2.05 bits per heavy atom. The quantitative estimate of drug-likeness (QED) is 0.508. The van der Waals surface area contributed by atoms with Crippen molar-refractivity contribution in [3.63, 3.8) is 0 Å². The lowest BCUT2D eigenvalue weighted by atomic mass is 10.0. The first-order valence-corrected chi connectivity index (χ1v) is 6.42. The van der Waals surface area contributed by atoms with Crippen molar-refractivity contribution in [3.8, 4) is 0 Å². The summed E-state index contributed by atoms with van der Waals surface area (Å²) in [6.45, 7) is 1.75. The second-order valence-corrected chi connectivity index (χ2v) is 4.37. The van der Waals surface area contributed by atoms with Gasteiger partial charge in [0.15, 0.2) is 0 Å². The van der Waals surface area contributed by atoms with Crippen molar-refractivity contribution in [1.29, 1.82) is 0 Å². The SMILES string of the molecule is CCC(=O)N/N=C/c1ccc(CCC(N)C(=O)O)cc1. The van der Waals surface area contributed by atoms with E-state index in [4.69, 9.17) is 10.8 Å². The molecule has 1 atom stereocenters. The van der Waals surface area contributed by atoms with E-state index in [9.17, 15) is 9.59 Å². The Morgan fingerprint density at radius 1 is 1.40 bits per heavy atom. The standard InChI is InChI=1S/C14H19N3O3/c1-2-13(18)17-16-9-11-5-3-10(4-6-11)7-8-12(15)14(19)20/h3-6,9,12H,2,7-8,15H2,1H3,(H,17,18)(H,19,20)/b16-9+. The van der Waals surface area contributed by atoms with Crippen LogP contribution in [0.15, 0.2) is 29.4 Å². The number of amides is 1. The van der Waals surface area contributed by atoms with Gasteiger partial charge in [-0.1, -0.05) is 31.2 Å². The third-order valence-electron chi connectivity index (χ3n) is 2.76. The van der Waals surface area contributed by atoms with Crippen molar-refractivity contribution in [1.82, 2.24) is 5.43 Å². The molecule has 0 aliphatic rings. The molecular weight excluding hydrogens is 258 g/mol. The van der Waals surface area contributed by atoms with Gasteiger partial charge in [-0.15, -0.1) is 0 Å². The Hall–Kier alpha value is -2.21. The van der Waals surface area contributed by atoms with E-state index < -0.39 is 12.0 Å². The first-order chi connectivity index (χ1) is 9.52. The van der Waals surface area contributed by atoms with Gasteiger partial charge in [0.1, 0.15) is 6.04 Å². The van der Waals surface area contributed by atoms with Crippen molar-refractivity contribution in [2.45, 2.75) is 32.2 Å². The van der Waals surface area contributed by atoms with Gasteiger partial charge in [0, 0.05) is 6.42 Å². The maximum atomic E-state index is 11.0. The molecule has 1 aromatic carbocycles. The monoisotopic (exact) mass is 277 g/mol. The van der Waals surface area contributed by atoms with Gasteiger partial charge < -0.3 is 10.8 Å². The van der Waals surface area contributed by atoms with Gasteiger partial charge in [0.25, 0.3) is 0 Å². The number of hydrogen-bond acceptors (Lipinski definition) is 4. The molecule has 0 radical (unpaired) electrons. The Labute approximate surface area is 117 Å². The predicted molar refractivity (Wildman–Crippen MR) is 76.4 cm³/mol. The molecule has 0 saturated carbocycles. The summed E-state index contributed by atoms with van der Waals surface area (Å²) >= 11 is 0. The first kappa shape index (κ1) is 15.8. The van der Waals surface area contributed by atoms with Gasteiger partial charge in [-0.25, -0.2) is 5.43 Å². The van der Waals surface area contributed by atoms with E-state index in [1.807, 2.05) is 24.3 Å². The highest BCUT2D eigenvalue weighted by Gasteiger charge is 2.10. The van der Waals surface area contributed by atoms with Crippen LogP contribution in [0.4, 0.5) is 0 Å². The largest absolute Gasteiger partial charge is 0.480 e. The Kier molecular flexibility index (Phi) is 6.39. The summed E-state index contributed by atoms with van der Waals surface area (Å²) in [5, 5.41) is 12.5. The van der Waals surface area contributed by atoms with Gasteiger partial charge >= 0.3 is 5.97 Å². The number of aryl methyl sites for hydroxylation is 1. The molecule has 1 amide bonds. The van der Waals surface area contributed by atoms with Crippen LogP contribution < -0.4 is 11.2 Å². The third-order valence-corrected chi connectivity index (χ3v) is 2.76. The molecule has 20 heavy (non-hydrogen) atoms. The lowest BCUT2D eigenvalue weighted by Crippen LogP contribution is -2.30. The molecule has 6 heteroatoms. The number of carbonyl (C=O) groups is 2. The number of carboxylic acids is 1. The minimum Gasteiger partial charge on any atom is -0.480 e. The number of hydrogen-bond donors (Lipinski definition) is 3. The fourth-order valence-corrected chi connectivity index (χ4v) is 1.47. The van der Waals surface area contributed by atoms with Gasteiger partial charge in [-0.2, -0.15) is 5.10 Å². The third kappa shape index (κ3) is 5.62. The summed E-state index contributed by atoms with van der Waals surface area (Å²) in [6, 6.07) is 6.64. The van der Waals surface area contributed by atoms with Gasteiger partial charge in [0.05, 0.1) is 6.21 Å². The number of nitrogens with zero attached hydrogens (tertiary/aromatic N) is 1. The number of carboxylic acid groups (broad SMARTS) is 1. The molecule has 0 bridgehead atoms. The van der Waals surface area contributed by atoms with Crippen molar-refractivity contribution in [2.24, 2.45) is 10.8 Å². The van der Waals surface area contributed by atoms with Crippen LogP contribution in [0.5, 0.6) is 0 Å². The van der Waals surface area contributed by atoms with Crippen LogP contribution in [0, 0.1) is 0 Å². The lowest BCUT2D eigenvalue weighted by molar-refractivity contribution is -0.138. The predicted octanol–water partition coefficient (Wildman–Crippen LogP) is 0.891. The van der Waals surface area contributed by atoms with Crippen molar-refractivity contribution >= 4 is 18.1 Å². The summed E-state index contributed by atoms with van der Waals surface area (Å²) in [5.41, 5.74) is 9.70. The Morgan fingerprint density at radius 3 is 2.60 bits per heavy atom. The maximum Gasteiger partial charge on any atom is 0.320 e. The van der Waals surface area contributed by atoms with Crippen molar-refractivity contribution in [2.75, 3.05) is 0 Å². The van der Waals surface area contributed by atoms with Gasteiger partial charge in [0.2, 0.25) is 5.91 Å². The van der Waals surface area contributed by atoms with E-state index in [0.29, 0.717) is 19.3 Å². The number of rotatable bonds is 7. The molecule has 0 spiro atoms. The molecule has 0 saturated heterocycles. The number of benzene rings is 1. The summed E-state index contributed by atoms with van der Waals surface area (Å²) in [7, 11) is 0. The van der Waals surface area contributed by atoms with Gasteiger partial charge in [-0.05, 0) is 24.0 Å². The zero-order valence-electron chi connectivity index (χ0n) is 11.4. The molecular formula is C14H19N3O3. The maximum absolute atomic E-state index is 11.0. The topological polar surface area (TPSA) is 105 Å². The number of nitrogens with two attached hydrogens (primary N) is 1. The van der Waals surface area contributed by atoms with E-state index >= 15 is 0 Å². The van der Waals surface area contributed by atoms with Crippen LogP contribution in [-0.2, 0) is 16.0 Å².